The Labute approximate surface area is 154 Å². The molecule has 0 aliphatic heterocycles. The van der Waals surface area contributed by atoms with E-state index in [2.05, 4.69) is 24.4 Å². The summed E-state index contributed by atoms with van der Waals surface area (Å²) in [6.07, 6.45) is 5.04. The Morgan fingerprint density at radius 2 is 1.77 bits per heavy atom. The summed E-state index contributed by atoms with van der Waals surface area (Å²) in [4.78, 5) is 18.0. The third kappa shape index (κ3) is 3.34. The lowest BCUT2D eigenvalue weighted by molar-refractivity contribution is 0.0940. The molecule has 1 aliphatic rings. The lowest BCUT2D eigenvalue weighted by Gasteiger charge is -2.22. The first-order valence-electron chi connectivity index (χ1n) is 9.47. The van der Waals surface area contributed by atoms with Crippen molar-refractivity contribution in [1.29, 1.82) is 0 Å². The van der Waals surface area contributed by atoms with Gasteiger partial charge in [0.15, 0.2) is 0 Å². The van der Waals surface area contributed by atoms with E-state index in [-0.39, 0.29) is 11.9 Å². The zero-order valence-corrected chi connectivity index (χ0v) is 15.2. The highest BCUT2D eigenvalue weighted by Gasteiger charge is 2.23. The van der Waals surface area contributed by atoms with Crippen LogP contribution in [0.25, 0.3) is 10.9 Å². The lowest BCUT2D eigenvalue weighted by Crippen LogP contribution is -2.35. The molecule has 1 aromatic heterocycles. The van der Waals surface area contributed by atoms with E-state index in [0.717, 1.165) is 59.8 Å². The number of nitrogens with zero attached hydrogens (tertiary/aromatic N) is 1. The van der Waals surface area contributed by atoms with Gasteiger partial charge >= 0.3 is 0 Å². The van der Waals surface area contributed by atoms with Crippen molar-refractivity contribution in [3.63, 3.8) is 0 Å². The molecular formula is C23H24N2O. The lowest BCUT2D eigenvalue weighted by atomic mass is 9.89. The molecule has 1 amide bonds. The molecule has 1 heterocycles. The Hall–Kier alpha value is -2.68. The summed E-state index contributed by atoms with van der Waals surface area (Å²) in [5, 5.41) is 4.19. The molecule has 3 heteroatoms. The van der Waals surface area contributed by atoms with Gasteiger partial charge in [0.1, 0.15) is 0 Å². The summed E-state index contributed by atoms with van der Waals surface area (Å²) in [5.74, 6) is 0.0326. The maximum absolute atomic E-state index is 13.2. The number of hydrogen-bond acceptors (Lipinski definition) is 2. The molecule has 26 heavy (non-hydrogen) atoms. The highest BCUT2D eigenvalue weighted by atomic mass is 16.1. The van der Waals surface area contributed by atoms with Gasteiger partial charge in [-0.3, -0.25) is 9.78 Å². The van der Waals surface area contributed by atoms with Crippen LogP contribution in [0, 0.1) is 0 Å². The van der Waals surface area contributed by atoms with Crippen LogP contribution < -0.4 is 5.32 Å². The second-order valence-corrected chi connectivity index (χ2v) is 7.20. The number of aryl methyl sites for hydroxylation is 1. The molecule has 132 valence electrons. The van der Waals surface area contributed by atoms with Gasteiger partial charge in [0, 0.05) is 17.1 Å². The monoisotopic (exact) mass is 344 g/mol. The summed E-state index contributed by atoms with van der Waals surface area (Å²) in [7, 11) is 0. The SMILES string of the molecule is CC(Cc1ccccc1)NC(=O)c1c2c(nc3ccccc13)CCCC2. The van der Waals surface area contributed by atoms with Crippen LogP contribution in [0.5, 0.6) is 0 Å². The molecule has 0 saturated heterocycles. The fraction of sp³-hybridized carbons (Fsp3) is 0.304. The number of para-hydroxylation sites is 1. The Kier molecular flexibility index (Phi) is 4.70. The predicted octanol–water partition coefficient (Wildman–Crippen LogP) is 4.47. The molecule has 1 unspecified atom stereocenters. The van der Waals surface area contributed by atoms with Crippen LogP contribution in [0.15, 0.2) is 54.6 Å². The molecule has 1 atom stereocenters. The van der Waals surface area contributed by atoms with E-state index >= 15 is 0 Å². The summed E-state index contributed by atoms with van der Waals surface area (Å²) < 4.78 is 0. The molecule has 3 nitrogen and oxygen atoms in total. The van der Waals surface area contributed by atoms with E-state index in [1.807, 2.05) is 42.5 Å². The third-order valence-electron chi connectivity index (χ3n) is 5.16. The first kappa shape index (κ1) is 16.8. The number of aromatic nitrogens is 1. The zero-order chi connectivity index (χ0) is 17.9. The molecular weight excluding hydrogens is 320 g/mol. The highest BCUT2D eigenvalue weighted by Crippen LogP contribution is 2.29. The molecule has 4 rings (SSSR count). The van der Waals surface area contributed by atoms with Gasteiger partial charge in [-0.25, -0.2) is 0 Å². The van der Waals surface area contributed by atoms with E-state index < -0.39 is 0 Å². The van der Waals surface area contributed by atoms with Gasteiger partial charge in [-0.15, -0.1) is 0 Å². The second-order valence-electron chi connectivity index (χ2n) is 7.20. The van der Waals surface area contributed by atoms with Gasteiger partial charge in [0.05, 0.1) is 11.1 Å². The molecule has 1 aliphatic carbocycles. The maximum atomic E-state index is 13.2. The largest absolute Gasteiger partial charge is 0.349 e. The van der Waals surface area contributed by atoms with Gasteiger partial charge in [0.25, 0.3) is 5.91 Å². The number of benzene rings is 2. The fourth-order valence-electron chi connectivity index (χ4n) is 3.95. The van der Waals surface area contributed by atoms with Crippen molar-refractivity contribution in [2.45, 2.75) is 45.1 Å². The van der Waals surface area contributed by atoms with Crippen molar-refractivity contribution in [2.24, 2.45) is 0 Å². The van der Waals surface area contributed by atoms with E-state index in [9.17, 15) is 4.79 Å². The minimum absolute atomic E-state index is 0.0326. The molecule has 0 spiro atoms. The highest BCUT2D eigenvalue weighted by molar-refractivity contribution is 6.07. The van der Waals surface area contributed by atoms with Crippen LogP contribution in [0.4, 0.5) is 0 Å². The van der Waals surface area contributed by atoms with Gasteiger partial charge < -0.3 is 5.32 Å². The van der Waals surface area contributed by atoms with Crippen molar-refractivity contribution in [3.05, 3.63) is 77.0 Å². The molecule has 2 aromatic carbocycles. The number of fused-ring (bicyclic) bond motifs is 2. The summed E-state index contributed by atoms with van der Waals surface area (Å²) in [6, 6.07) is 18.4. The van der Waals surface area contributed by atoms with Crippen LogP contribution in [-0.4, -0.2) is 16.9 Å². The maximum Gasteiger partial charge on any atom is 0.252 e. The average molecular weight is 344 g/mol. The fourth-order valence-corrected chi connectivity index (χ4v) is 3.95. The first-order chi connectivity index (χ1) is 12.7. The first-order valence-corrected chi connectivity index (χ1v) is 9.47. The van der Waals surface area contributed by atoms with Gasteiger partial charge in [0.2, 0.25) is 0 Å². The van der Waals surface area contributed by atoms with Crippen molar-refractivity contribution in [2.75, 3.05) is 0 Å². The van der Waals surface area contributed by atoms with Crippen molar-refractivity contribution >= 4 is 16.8 Å². The van der Waals surface area contributed by atoms with Crippen LogP contribution in [-0.2, 0) is 19.3 Å². The van der Waals surface area contributed by atoms with E-state index in [0.29, 0.717) is 0 Å². The number of amides is 1. The minimum Gasteiger partial charge on any atom is -0.349 e. The van der Waals surface area contributed by atoms with Crippen LogP contribution in [0.2, 0.25) is 0 Å². The van der Waals surface area contributed by atoms with E-state index in [1.54, 1.807) is 0 Å². The Balaban J connectivity index is 1.65. The summed E-state index contributed by atoms with van der Waals surface area (Å²) >= 11 is 0. The van der Waals surface area contributed by atoms with Gasteiger partial charge in [-0.2, -0.15) is 0 Å². The van der Waals surface area contributed by atoms with Gasteiger partial charge in [-0.1, -0.05) is 48.5 Å². The molecule has 1 N–H and O–H groups in total. The second kappa shape index (κ2) is 7.28. The number of carbonyl (C=O) groups is 1. The van der Waals surface area contributed by atoms with Crippen molar-refractivity contribution in [1.82, 2.24) is 10.3 Å². The Bertz CT molecular complexity index is 934. The molecule has 0 radical (unpaired) electrons. The number of nitrogens with one attached hydrogen (secondary N) is 1. The Morgan fingerprint density at radius 3 is 2.62 bits per heavy atom. The topological polar surface area (TPSA) is 42.0 Å². The van der Waals surface area contributed by atoms with E-state index in [1.165, 1.54) is 5.56 Å². The quantitative estimate of drug-likeness (QED) is 0.758. The van der Waals surface area contributed by atoms with Gasteiger partial charge in [-0.05, 0) is 56.2 Å². The number of rotatable bonds is 4. The molecule has 0 saturated carbocycles. The van der Waals surface area contributed by atoms with Crippen LogP contribution >= 0.6 is 0 Å². The molecule has 0 bridgehead atoms. The normalized spacial score (nSPS) is 14.7. The van der Waals surface area contributed by atoms with E-state index in [4.69, 9.17) is 4.98 Å². The number of carbonyl (C=O) groups excluding carboxylic acids is 1. The predicted molar refractivity (Wildman–Crippen MR) is 105 cm³/mol. The van der Waals surface area contributed by atoms with Crippen LogP contribution in [0.1, 0.15) is 46.9 Å². The molecule has 3 aromatic rings. The number of pyridine rings is 1. The standard InChI is InChI=1S/C23H24N2O/c1-16(15-17-9-3-2-4-10-17)24-23(26)22-18-11-5-7-13-20(18)25-21-14-8-6-12-19(21)22/h2-5,7,9-11,13,16H,6,8,12,14-15H2,1H3,(H,24,26). The summed E-state index contributed by atoms with van der Waals surface area (Å²) in [5.41, 5.74) is 5.26. The smallest absolute Gasteiger partial charge is 0.252 e. The summed E-state index contributed by atoms with van der Waals surface area (Å²) in [6.45, 7) is 2.07. The van der Waals surface area contributed by atoms with Crippen molar-refractivity contribution in [3.8, 4) is 0 Å². The zero-order valence-electron chi connectivity index (χ0n) is 15.2. The number of hydrogen-bond donors (Lipinski definition) is 1. The molecule has 0 fully saturated rings. The minimum atomic E-state index is 0.0326. The average Bonchev–Trinajstić information content (AvgIpc) is 2.66. The third-order valence-corrected chi connectivity index (χ3v) is 5.16. The van der Waals surface area contributed by atoms with Crippen molar-refractivity contribution < 1.29 is 4.79 Å². The Morgan fingerprint density at radius 1 is 1.04 bits per heavy atom. The van der Waals surface area contributed by atoms with Crippen LogP contribution in [0.3, 0.4) is 0 Å².